The average Bonchev–Trinajstić information content (AvgIpc) is 2.86. The van der Waals surface area contributed by atoms with E-state index in [1.54, 1.807) is 4.52 Å². The van der Waals surface area contributed by atoms with Crippen LogP contribution in [0.15, 0.2) is 18.2 Å². The predicted molar refractivity (Wildman–Crippen MR) is 91.4 cm³/mol. The van der Waals surface area contributed by atoms with Gasteiger partial charge < -0.3 is 9.80 Å². The number of anilines is 2. The lowest BCUT2D eigenvalue weighted by Crippen LogP contribution is -2.59. The molecule has 1 aliphatic heterocycles. The van der Waals surface area contributed by atoms with Crippen molar-refractivity contribution in [2.45, 2.75) is 26.8 Å². The van der Waals surface area contributed by atoms with Crippen LogP contribution in [0, 0.1) is 20.8 Å². The Morgan fingerprint density at radius 1 is 1.04 bits per heavy atom. The third-order valence-corrected chi connectivity index (χ3v) is 4.42. The van der Waals surface area contributed by atoms with Gasteiger partial charge in [-0.2, -0.15) is 4.52 Å². The van der Waals surface area contributed by atoms with E-state index in [0.29, 0.717) is 6.04 Å². The molecule has 0 bridgehead atoms. The highest BCUT2D eigenvalue weighted by molar-refractivity contribution is 5.49. The van der Waals surface area contributed by atoms with Gasteiger partial charge in [-0.15, -0.1) is 15.3 Å². The van der Waals surface area contributed by atoms with Gasteiger partial charge in [0.1, 0.15) is 5.82 Å². The highest BCUT2D eigenvalue weighted by Gasteiger charge is 2.32. The first-order chi connectivity index (χ1) is 11.5. The maximum atomic E-state index is 4.62. The van der Waals surface area contributed by atoms with Crippen molar-refractivity contribution >= 4 is 17.4 Å². The van der Waals surface area contributed by atoms with Crippen molar-refractivity contribution in [2.75, 3.05) is 29.9 Å². The molecule has 0 amide bonds. The quantitative estimate of drug-likeness (QED) is 0.715. The van der Waals surface area contributed by atoms with Crippen molar-refractivity contribution in [2.24, 2.45) is 0 Å². The summed E-state index contributed by atoms with van der Waals surface area (Å²) in [7, 11) is 2.05. The van der Waals surface area contributed by atoms with E-state index in [4.69, 9.17) is 0 Å². The zero-order valence-electron chi connectivity index (χ0n) is 14.3. The summed E-state index contributed by atoms with van der Waals surface area (Å²) < 4.78 is 1.78. The van der Waals surface area contributed by atoms with Crippen molar-refractivity contribution in [3.63, 3.8) is 0 Å². The Labute approximate surface area is 140 Å². The summed E-state index contributed by atoms with van der Waals surface area (Å²) in [5.41, 5.74) is 2.76. The normalized spacial score (nSPS) is 14.9. The molecular formula is C16H20N8. The largest absolute Gasteiger partial charge is 0.351 e. The van der Waals surface area contributed by atoms with E-state index in [0.717, 1.165) is 47.7 Å². The van der Waals surface area contributed by atoms with Crippen LogP contribution in [-0.2, 0) is 0 Å². The van der Waals surface area contributed by atoms with Crippen LogP contribution in [0.4, 0.5) is 11.8 Å². The van der Waals surface area contributed by atoms with E-state index >= 15 is 0 Å². The molecule has 24 heavy (non-hydrogen) atoms. The smallest absolute Gasteiger partial charge is 0.225 e. The predicted octanol–water partition coefficient (Wildman–Crippen LogP) is 1.16. The Morgan fingerprint density at radius 2 is 1.75 bits per heavy atom. The summed E-state index contributed by atoms with van der Waals surface area (Å²) in [6.07, 6.45) is 0. The fraction of sp³-hybridized carbons (Fsp3) is 0.438. The zero-order valence-corrected chi connectivity index (χ0v) is 14.3. The van der Waals surface area contributed by atoms with Gasteiger partial charge in [0.05, 0.1) is 6.04 Å². The van der Waals surface area contributed by atoms with E-state index < -0.39 is 0 Å². The fourth-order valence-corrected chi connectivity index (χ4v) is 2.97. The lowest BCUT2D eigenvalue weighted by Gasteiger charge is -2.44. The number of aryl methyl sites for hydroxylation is 3. The van der Waals surface area contributed by atoms with Crippen LogP contribution >= 0.6 is 0 Å². The molecule has 1 aliphatic rings. The second-order valence-corrected chi connectivity index (χ2v) is 6.33. The highest BCUT2D eigenvalue weighted by Crippen LogP contribution is 2.23. The molecule has 0 spiro atoms. The molecule has 1 fully saturated rings. The van der Waals surface area contributed by atoms with Gasteiger partial charge >= 0.3 is 0 Å². The second kappa shape index (κ2) is 5.40. The van der Waals surface area contributed by atoms with Gasteiger partial charge in [-0.25, -0.2) is 9.97 Å². The summed E-state index contributed by atoms with van der Waals surface area (Å²) >= 11 is 0. The molecule has 8 heteroatoms. The number of fused-ring (bicyclic) bond motifs is 1. The van der Waals surface area contributed by atoms with Crippen molar-refractivity contribution in [3.05, 3.63) is 35.4 Å². The zero-order chi connectivity index (χ0) is 16.8. The molecule has 0 atom stereocenters. The molecule has 0 aromatic carbocycles. The van der Waals surface area contributed by atoms with Crippen molar-refractivity contribution in [3.8, 4) is 0 Å². The minimum atomic E-state index is 0.380. The van der Waals surface area contributed by atoms with Crippen molar-refractivity contribution < 1.29 is 0 Å². The molecular weight excluding hydrogens is 304 g/mol. The van der Waals surface area contributed by atoms with Gasteiger partial charge in [0.25, 0.3) is 0 Å². The first kappa shape index (κ1) is 14.8. The van der Waals surface area contributed by atoms with Crippen LogP contribution in [0.25, 0.3) is 5.65 Å². The summed E-state index contributed by atoms with van der Waals surface area (Å²) in [6.45, 7) is 7.69. The van der Waals surface area contributed by atoms with Gasteiger partial charge in [-0.05, 0) is 39.0 Å². The first-order valence-electron chi connectivity index (χ1n) is 8.00. The van der Waals surface area contributed by atoms with Crippen LogP contribution in [0.3, 0.4) is 0 Å². The Kier molecular flexibility index (Phi) is 3.33. The number of nitrogens with zero attached hydrogens (tertiary/aromatic N) is 8. The molecule has 0 saturated carbocycles. The van der Waals surface area contributed by atoms with Crippen molar-refractivity contribution in [1.29, 1.82) is 0 Å². The van der Waals surface area contributed by atoms with Crippen LogP contribution in [0.1, 0.15) is 17.2 Å². The molecule has 0 unspecified atom stereocenters. The molecule has 3 aromatic heterocycles. The van der Waals surface area contributed by atoms with E-state index in [9.17, 15) is 0 Å². The topological polar surface area (TPSA) is 75.3 Å². The molecule has 124 valence electrons. The van der Waals surface area contributed by atoms with Gasteiger partial charge in [0, 0.05) is 31.5 Å². The Hall–Kier alpha value is -2.77. The average molecular weight is 324 g/mol. The van der Waals surface area contributed by atoms with Crippen LogP contribution in [0.2, 0.25) is 0 Å². The standard InChI is InChI=1S/C16H20N8/c1-10-7-11(2)18-16(17-10)22(4)13-8-23(9-13)15-6-5-14-20-19-12(3)24(14)21-15/h5-7,13H,8-9H2,1-4H3. The Bertz CT molecular complexity index is 876. The van der Waals surface area contributed by atoms with Crippen LogP contribution < -0.4 is 9.80 Å². The van der Waals surface area contributed by atoms with Gasteiger partial charge in [0.15, 0.2) is 11.5 Å². The number of hydrogen-bond donors (Lipinski definition) is 0. The molecule has 8 nitrogen and oxygen atoms in total. The molecule has 1 saturated heterocycles. The van der Waals surface area contributed by atoms with E-state index in [2.05, 4.69) is 42.1 Å². The maximum absolute atomic E-state index is 4.62. The minimum absolute atomic E-state index is 0.380. The molecule has 3 aromatic rings. The third-order valence-electron chi connectivity index (χ3n) is 4.42. The first-order valence-corrected chi connectivity index (χ1v) is 8.00. The van der Waals surface area contributed by atoms with Crippen LogP contribution in [-0.4, -0.2) is 56.0 Å². The van der Waals surface area contributed by atoms with E-state index in [-0.39, 0.29) is 0 Å². The molecule has 0 N–H and O–H groups in total. The number of rotatable bonds is 3. The van der Waals surface area contributed by atoms with E-state index in [1.807, 2.05) is 39.0 Å². The highest BCUT2D eigenvalue weighted by atomic mass is 15.4. The van der Waals surface area contributed by atoms with Crippen molar-refractivity contribution in [1.82, 2.24) is 29.8 Å². The summed E-state index contributed by atoms with van der Waals surface area (Å²) in [5, 5.41) is 12.7. The molecule has 4 heterocycles. The molecule has 0 aliphatic carbocycles. The second-order valence-electron chi connectivity index (χ2n) is 6.33. The number of hydrogen-bond acceptors (Lipinski definition) is 7. The van der Waals surface area contributed by atoms with Gasteiger partial charge in [-0.3, -0.25) is 0 Å². The molecule has 4 rings (SSSR count). The third kappa shape index (κ3) is 2.44. The summed E-state index contributed by atoms with van der Waals surface area (Å²) in [6, 6.07) is 6.32. The summed E-state index contributed by atoms with van der Waals surface area (Å²) in [4.78, 5) is 13.5. The Balaban J connectivity index is 1.49. The molecule has 0 radical (unpaired) electrons. The minimum Gasteiger partial charge on any atom is -0.351 e. The fourth-order valence-electron chi connectivity index (χ4n) is 2.97. The monoisotopic (exact) mass is 324 g/mol. The van der Waals surface area contributed by atoms with Gasteiger partial charge in [-0.1, -0.05) is 0 Å². The summed E-state index contributed by atoms with van der Waals surface area (Å²) in [5.74, 6) is 2.52. The van der Waals surface area contributed by atoms with Gasteiger partial charge in [0.2, 0.25) is 5.95 Å². The van der Waals surface area contributed by atoms with Crippen LogP contribution in [0.5, 0.6) is 0 Å². The number of likely N-dealkylation sites (N-methyl/N-ethyl adjacent to an activating group) is 1. The van der Waals surface area contributed by atoms with E-state index in [1.165, 1.54) is 0 Å². The SMILES string of the molecule is Cc1cc(C)nc(N(C)C2CN(c3ccc4nnc(C)n4n3)C2)n1. The Morgan fingerprint density at radius 3 is 2.46 bits per heavy atom. The number of aromatic nitrogens is 6. The lowest BCUT2D eigenvalue weighted by atomic mass is 10.1. The lowest BCUT2D eigenvalue weighted by molar-refractivity contribution is 0.483. The maximum Gasteiger partial charge on any atom is 0.225 e.